The van der Waals surface area contributed by atoms with Gasteiger partial charge in [0, 0.05) is 18.5 Å². The summed E-state index contributed by atoms with van der Waals surface area (Å²) >= 11 is 0. The molecule has 1 N–H and O–H groups in total. The highest BCUT2D eigenvalue weighted by Crippen LogP contribution is 2.28. The van der Waals surface area contributed by atoms with E-state index >= 15 is 0 Å². The summed E-state index contributed by atoms with van der Waals surface area (Å²) in [5.74, 6) is 4.51. The zero-order valence-electron chi connectivity index (χ0n) is 10.4. The van der Waals surface area contributed by atoms with Crippen LogP contribution >= 0.6 is 0 Å². The van der Waals surface area contributed by atoms with E-state index in [0.29, 0.717) is 12.1 Å². The first-order chi connectivity index (χ1) is 7.15. The smallest absolute Gasteiger partial charge is 0.0240 e. The zero-order chi connectivity index (χ0) is 11.3. The average Bonchev–Trinajstić information content (AvgIpc) is 2.15. The monoisotopic (exact) mass is 207 g/mol. The van der Waals surface area contributed by atoms with Gasteiger partial charge in [-0.3, -0.25) is 0 Å². The van der Waals surface area contributed by atoms with E-state index in [1.165, 1.54) is 19.3 Å². The summed E-state index contributed by atoms with van der Waals surface area (Å²) in [6.07, 6.45) is 11.4. The summed E-state index contributed by atoms with van der Waals surface area (Å²) in [5, 5.41) is 3.72. The summed E-state index contributed by atoms with van der Waals surface area (Å²) in [7, 11) is 0. The molecule has 0 saturated heterocycles. The quantitative estimate of drug-likeness (QED) is 0.698. The second kappa shape index (κ2) is 6.18. The van der Waals surface area contributed by atoms with E-state index in [9.17, 15) is 0 Å². The molecule has 3 unspecified atom stereocenters. The lowest BCUT2D eigenvalue weighted by Crippen LogP contribution is -2.42. The Morgan fingerprint density at radius 2 is 1.87 bits per heavy atom. The Balaban J connectivity index is 2.39. The Morgan fingerprint density at radius 3 is 2.33 bits per heavy atom. The molecule has 1 rings (SSSR count). The third kappa shape index (κ3) is 4.26. The Morgan fingerprint density at radius 1 is 1.27 bits per heavy atom. The van der Waals surface area contributed by atoms with Crippen LogP contribution < -0.4 is 5.32 Å². The predicted molar refractivity (Wildman–Crippen MR) is 66.6 cm³/mol. The first-order valence-corrected chi connectivity index (χ1v) is 6.35. The van der Waals surface area contributed by atoms with E-state index in [-0.39, 0.29) is 0 Å². The van der Waals surface area contributed by atoms with Crippen LogP contribution in [0.2, 0.25) is 0 Å². The van der Waals surface area contributed by atoms with Gasteiger partial charge in [-0.1, -0.05) is 20.8 Å². The van der Waals surface area contributed by atoms with Gasteiger partial charge in [-0.15, -0.1) is 12.3 Å². The maximum Gasteiger partial charge on any atom is 0.0240 e. The van der Waals surface area contributed by atoms with Crippen molar-refractivity contribution >= 4 is 0 Å². The topological polar surface area (TPSA) is 12.0 Å². The molecule has 0 spiro atoms. The number of terminal acetylenes is 1. The van der Waals surface area contributed by atoms with Crippen LogP contribution in [0, 0.1) is 24.2 Å². The standard InChI is InChI=1S/C14H25N/c1-5-7-13(6-2)15-14-9-11(3)8-12(4)10-14/h1,11-15H,6-10H2,2-4H3. The molecule has 0 bridgehead atoms. The van der Waals surface area contributed by atoms with Gasteiger partial charge in [0.15, 0.2) is 0 Å². The Hall–Kier alpha value is -0.480. The van der Waals surface area contributed by atoms with E-state index in [2.05, 4.69) is 32.0 Å². The van der Waals surface area contributed by atoms with Crippen LogP contribution in [0.1, 0.15) is 52.9 Å². The maximum atomic E-state index is 5.37. The van der Waals surface area contributed by atoms with Gasteiger partial charge < -0.3 is 5.32 Å². The third-order valence-electron chi connectivity index (χ3n) is 3.51. The van der Waals surface area contributed by atoms with Crippen molar-refractivity contribution in [2.24, 2.45) is 11.8 Å². The Labute approximate surface area is 95.0 Å². The van der Waals surface area contributed by atoms with Crippen molar-refractivity contribution in [3.05, 3.63) is 0 Å². The van der Waals surface area contributed by atoms with Crippen molar-refractivity contribution in [1.82, 2.24) is 5.32 Å². The van der Waals surface area contributed by atoms with Gasteiger partial charge in [0.1, 0.15) is 0 Å². The molecule has 3 atom stereocenters. The first kappa shape index (κ1) is 12.6. The van der Waals surface area contributed by atoms with Crippen LogP contribution in [0.5, 0.6) is 0 Å². The van der Waals surface area contributed by atoms with Crippen LogP contribution in [-0.4, -0.2) is 12.1 Å². The molecular weight excluding hydrogens is 182 g/mol. The molecule has 0 aromatic rings. The van der Waals surface area contributed by atoms with Crippen molar-refractivity contribution in [2.45, 2.75) is 65.0 Å². The highest BCUT2D eigenvalue weighted by atomic mass is 14.9. The molecule has 86 valence electrons. The van der Waals surface area contributed by atoms with Crippen molar-refractivity contribution in [3.63, 3.8) is 0 Å². The summed E-state index contributed by atoms with van der Waals surface area (Å²) in [5.41, 5.74) is 0. The minimum atomic E-state index is 0.525. The van der Waals surface area contributed by atoms with Gasteiger partial charge in [-0.2, -0.15) is 0 Å². The fraction of sp³-hybridized carbons (Fsp3) is 0.857. The van der Waals surface area contributed by atoms with Gasteiger partial charge in [0.2, 0.25) is 0 Å². The normalized spacial score (nSPS) is 33.3. The lowest BCUT2D eigenvalue weighted by atomic mass is 9.80. The molecule has 0 aromatic carbocycles. The Bertz CT molecular complexity index is 206. The zero-order valence-corrected chi connectivity index (χ0v) is 10.4. The molecule has 1 aliphatic rings. The lowest BCUT2D eigenvalue weighted by Gasteiger charge is -2.34. The van der Waals surface area contributed by atoms with Gasteiger partial charge >= 0.3 is 0 Å². The molecule has 1 nitrogen and oxygen atoms in total. The molecule has 1 fully saturated rings. The fourth-order valence-corrected chi connectivity index (χ4v) is 2.88. The number of rotatable bonds is 4. The van der Waals surface area contributed by atoms with Crippen molar-refractivity contribution in [1.29, 1.82) is 0 Å². The molecule has 15 heavy (non-hydrogen) atoms. The molecule has 1 saturated carbocycles. The second-order valence-electron chi connectivity index (χ2n) is 5.29. The fourth-order valence-electron chi connectivity index (χ4n) is 2.88. The minimum absolute atomic E-state index is 0.525. The second-order valence-corrected chi connectivity index (χ2v) is 5.29. The predicted octanol–water partition coefficient (Wildman–Crippen LogP) is 3.20. The largest absolute Gasteiger partial charge is 0.310 e. The first-order valence-electron chi connectivity index (χ1n) is 6.35. The van der Waals surface area contributed by atoms with Crippen molar-refractivity contribution in [2.75, 3.05) is 0 Å². The molecule has 0 amide bonds. The average molecular weight is 207 g/mol. The van der Waals surface area contributed by atoms with Crippen LogP contribution in [0.25, 0.3) is 0 Å². The lowest BCUT2D eigenvalue weighted by molar-refractivity contribution is 0.224. The van der Waals surface area contributed by atoms with Gasteiger partial charge in [-0.05, 0) is 37.5 Å². The molecule has 0 heterocycles. The molecule has 1 aliphatic carbocycles. The molecular formula is C14H25N. The van der Waals surface area contributed by atoms with E-state index in [0.717, 1.165) is 24.7 Å². The molecule has 0 radical (unpaired) electrons. The van der Waals surface area contributed by atoms with E-state index in [1.54, 1.807) is 0 Å². The van der Waals surface area contributed by atoms with Crippen LogP contribution in [0.15, 0.2) is 0 Å². The van der Waals surface area contributed by atoms with Crippen molar-refractivity contribution < 1.29 is 0 Å². The third-order valence-corrected chi connectivity index (χ3v) is 3.51. The summed E-state index contributed by atoms with van der Waals surface area (Å²) in [4.78, 5) is 0. The number of hydrogen-bond acceptors (Lipinski definition) is 1. The summed E-state index contributed by atoms with van der Waals surface area (Å²) in [6, 6.07) is 1.22. The van der Waals surface area contributed by atoms with Gasteiger partial charge in [-0.25, -0.2) is 0 Å². The van der Waals surface area contributed by atoms with E-state index in [4.69, 9.17) is 6.42 Å². The molecule has 0 aliphatic heterocycles. The van der Waals surface area contributed by atoms with Gasteiger partial charge in [0.25, 0.3) is 0 Å². The van der Waals surface area contributed by atoms with Crippen LogP contribution in [-0.2, 0) is 0 Å². The van der Waals surface area contributed by atoms with Crippen LogP contribution in [0.4, 0.5) is 0 Å². The number of hydrogen-bond donors (Lipinski definition) is 1. The SMILES string of the molecule is C#CCC(CC)NC1CC(C)CC(C)C1. The van der Waals surface area contributed by atoms with Crippen molar-refractivity contribution in [3.8, 4) is 12.3 Å². The maximum absolute atomic E-state index is 5.37. The van der Waals surface area contributed by atoms with Crippen LogP contribution in [0.3, 0.4) is 0 Å². The highest BCUT2D eigenvalue weighted by molar-refractivity contribution is 4.91. The van der Waals surface area contributed by atoms with E-state index in [1.807, 2.05) is 0 Å². The Kier molecular flexibility index (Phi) is 5.19. The highest BCUT2D eigenvalue weighted by Gasteiger charge is 2.24. The van der Waals surface area contributed by atoms with Gasteiger partial charge in [0.05, 0.1) is 0 Å². The number of nitrogens with one attached hydrogen (secondary N) is 1. The van der Waals surface area contributed by atoms with E-state index < -0.39 is 0 Å². The summed E-state index contributed by atoms with van der Waals surface area (Å²) in [6.45, 7) is 6.95. The molecule has 0 aromatic heterocycles. The molecule has 1 heteroatoms. The minimum Gasteiger partial charge on any atom is -0.310 e. The summed E-state index contributed by atoms with van der Waals surface area (Å²) < 4.78 is 0.